The Labute approximate surface area is 129 Å². The first-order valence-corrected chi connectivity index (χ1v) is 7.36. The van der Waals surface area contributed by atoms with Crippen LogP contribution in [-0.2, 0) is 4.79 Å². The SMILES string of the molecule is CCCC(C)(N)C(=O)NC(C)CN1CCN(C)CC1.Cl. The Bertz CT molecular complexity index is 291. The minimum Gasteiger partial charge on any atom is -0.351 e. The summed E-state index contributed by atoms with van der Waals surface area (Å²) < 4.78 is 0. The molecule has 0 bridgehead atoms. The van der Waals surface area contributed by atoms with Crippen molar-refractivity contribution >= 4 is 18.3 Å². The minimum atomic E-state index is -0.745. The molecule has 120 valence electrons. The van der Waals surface area contributed by atoms with Gasteiger partial charge in [0.05, 0.1) is 5.54 Å². The Morgan fingerprint density at radius 2 is 1.90 bits per heavy atom. The molecule has 1 amide bonds. The molecule has 20 heavy (non-hydrogen) atoms. The van der Waals surface area contributed by atoms with Crippen LogP contribution in [-0.4, -0.2) is 67.1 Å². The van der Waals surface area contributed by atoms with Crippen LogP contribution < -0.4 is 11.1 Å². The van der Waals surface area contributed by atoms with Crippen LogP contribution in [0.3, 0.4) is 0 Å². The van der Waals surface area contributed by atoms with Gasteiger partial charge in [-0.05, 0) is 27.3 Å². The van der Waals surface area contributed by atoms with Crippen LogP contribution in [0.1, 0.15) is 33.6 Å². The number of carbonyl (C=O) groups excluding carboxylic acids is 1. The molecule has 3 N–H and O–H groups in total. The number of nitrogens with two attached hydrogens (primary N) is 1. The van der Waals surface area contributed by atoms with Crippen molar-refractivity contribution in [3.05, 3.63) is 0 Å². The normalized spacial score (nSPS) is 21.6. The number of amides is 1. The monoisotopic (exact) mass is 306 g/mol. The van der Waals surface area contributed by atoms with Gasteiger partial charge in [-0.25, -0.2) is 0 Å². The maximum atomic E-state index is 12.1. The lowest BCUT2D eigenvalue weighted by molar-refractivity contribution is -0.126. The van der Waals surface area contributed by atoms with Gasteiger partial charge in [0.1, 0.15) is 0 Å². The Hall–Kier alpha value is -0.360. The standard InChI is InChI=1S/C14H30N4O.ClH/c1-5-6-14(3,15)13(19)16-12(2)11-18-9-7-17(4)8-10-18;/h12H,5-11,15H2,1-4H3,(H,16,19);1H. The summed E-state index contributed by atoms with van der Waals surface area (Å²) in [4.78, 5) is 16.8. The van der Waals surface area contributed by atoms with E-state index in [0.717, 1.165) is 45.6 Å². The Kier molecular flexibility index (Phi) is 8.66. The second-order valence-electron chi connectivity index (χ2n) is 6.15. The van der Waals surface area contributed by atoms with E-state index in [0.29, 0.717) is 0 Å². The van der Waals surface area contributed by atoms with Gasteiger partial charge in [-0.2, -0.15) is 0 Å². The first-order chi connectivity index (χ1) is 8.85. The van der Waals surface area contributed by atoms with Crippen molar-refractivity contribution in [1.29, 1.82) is 0 Å². The number of rotatable bonds is 6. The third kappa shape index (κ3) is 6.39. The van der Waals surface area contributed by atoms with Crippen molar-refractivity contribution in [1.82, 2.24) is 15.1 Å². The van der Waals surface area contributed by atoms with Gasteiger partial charge in [0.2, 0.25) is 5.91 Å². The zero-order valence-corrected chi connectivity index (χ0v) is 14.1. The molecule has 0 spiro atoms. The molecule has 0 aromatic carbocycles. The van der Waals surface area contributed by atoms with E-state index in [4.69, 9.17) is 5.73 Å². The van der Waals surface area contributed by atoms with Crippen LogP contribution in [0.2, 0.25) is 0 Å². The summed E-state index contributed by atoms with van der Waals surface area (Å²) in [5.41, 5.74) is 5.29. The number of likely N-dealkylation sites (N-methyl/N-ethyl adjacent to an activating group) is 1. The second kappa shape index (κ2) is 8.82. The number of carbonyl (C=O) groups is 1. The molecule has 2 unspecified atom stereocenters. The van der Waals surface area contributed by atoms with Crippen molar-refractivity contribution in [2.45, 2.75) is 45.2 Å². The highest BCUT2D eigenvalue weighted by Crippen LogP contribution is 2.09. The maximum absolute atomic E-state index is 12.1. The Morgan fingerprint density at radius 1 is 1.35 bits per heavy atom. The highest BCUT2D eigenvalue weighted by molar-refractivity contribution is 5.86. The molecule has 5 nitrogen and oxygen atoms in total. The molecule has 0 aliphatic carbocycles. The zero-order chi connectivity index (χ0) is 14.5. The molecule has 6 heteroatoms. The first kappa shape index (κ1) is 19.6. The lowest BCUT2D eigenvalue weighted by atomic mass is 9.96. The third-order valence-electron chi connectivity index (χ3n) is 3.79. The predicted octanol–water partition coefficient (Wildman–Crippen LogP) is 0.678. The summed E-state index contributed by atoms with van der Waals surface area (Å²) in [5.74, 6) is -0.0315. The molecule has 1 rings (SSSR count). The average molecular weight is 307 g/mol. The largest absolute Gasteiger partial charge is 0.351 e. The summed E-state index contributed by atoms with van der Waals surface area (Å²) in [7, 11) is 2.15. The van der Waals surface area contributed by atoms with Crippen LogP contribution in [0.25, 0.3) is 0 Å². The average Bonchev–Trinajstić information content (AvgIpc) is 2.32. The maximum Gasteiger partial charge on any atom is 0.240 e. The number of nitrogens with zero attached hydrogens (tertiary/aromatic N) is 2. The van der Waals surface area contributed by atoms with Crippen LogP contribution >= 0.6 is 12.4 Å². The van der Waals surface area contributed by atoms with Crippen molar-refractivity contribution in [3.63, 3.8) is 0 Å². The highest BCUT2D eigenvalue weighted by atomic mass is 35.5. The van der Waals surface area contributed by atoms with Gasteiger partial charge in [-0.15, -0.1) is 12.4 Å². The van der Waals surface area contributed by atoms with Crippen molar-refractivity contribution in [2.75, 3.05) is 39.8 Å². The predicted molar refractivity (Wildman–Crippen MR) is 86.3 cm³/mol. The molecule has 1 aliphatic rings. The fourth-order valence-corrected chi connectivity index (χ4v) is 2.48. The lowest BCUT2D eigenvalue weighted by Gasteiger charge is -2.34. The van der Waals surface area contributed by atoms with E-state index in [-0.39, 0.29) is 24.4 Å². The Balaban J connectivity index is 0.00000361. The van der Waals surface area contributed by atoms with Crippen LogP contribution in [0, 0.1) is 0 Å². The van der Waals surface area contributed by atoms with Crippen LogP contribution in [0.4, 0.5) is 0 Å². The van der Waals surface area contributed by atoms with Gasteiger partial charge in [-0.1, -0.05) is 13.3 Å². The minimum absolute atomic E-state index is 0. The van der Waals surface area contributed by atoms with E-state index in [1.54, 1.807) is 0 Å². The van der Waals surface area contributed by atoms with E-state index < -0.39 is 5.54 Å². The lowest BCUT2D eigenvalue weighted by Crippen LogP contribution is -2.56. The number of hydrogen-bond donors (Lipinski definition) is 2. The first-order valence-electron chi connectivity index (χ1n) is 7.36. The van der Waals surface area contributed by atoms with Gasteiger partial charge in [0.15, 0.2) is 0 Å². The van der Waals surface area contributed by atoms with Gasteiger partial charge in [0.25, 0.3) is 0 Å². The van der Waals surface area contributed by atoms with Crippen LogP contribution in [0.5, 0.6) is 0 Å². The summed E-state index contributed by atoms with van der Waals surface area (Å²) in [6.45, 7) is 11.2. The van der Waals surface area contributed by atoms with Gasteiger partial charge < -0.3 is 16.0 Å². The van der Waals surface area contributed by atoms with E-state index in [1.807, 2.05) is 13.8 Å². The molecule has 0 aromatic heterocycles. The van der Waals surface area contributed by atoms with Gasteiger partial charge in [-0.3, -0.25) is 9.69 Å². The number of hydrogen-bond acceptors (Lipinski definition) is 4. The van der Waals surface area contributed by atoms with E-state index in [2.05, 4.69) is 29.1 Å². The number of halogens is 1. The molecule has 1 fully saturated rings. The highest BCUT2D eigenvalue weighted by Gasteiger charge is 2.28. The second-order valence-corrected chi connectivity index (χ2v) is 6.15. The summed E-state index contributed by atoms with van der Waals surface area (Å²) in [6.07, 6.45) is 1.65. The van der Waals surface area contributed by atoms with Crippen molar-refractivity contribution in [2.24, 2.45) is 5.73 Å². The summed E-state index contributed by atoms with van der Waals surface area (Å²) in [5, 5.41) is 3.04. The molecule has 2 atom stereocenters. The molecule has 1 aliphatic heterocycles. The fourth-order valence-electron chi connectivity index (χ4n) is 2.48. The van der Waals surface area contributed by atoms with Crippen molar-refractivity contribution < 1.29 is 4.79 Å². The van der Waals surface area contributed by atoms with Crippen LogP contribution in [0.15, 0.2) is 0 Å². The topological polar surface area (TPSA) is 61.6 Å². The third-order valence-corrected chi connectivity index (χ3v) is 3.79. The quantitative estimate of drug-likeness (QED) is 0.757. The molecule has 0 saturated carbocycles. The van der Waals surface area contributed by atoms with E-state index >= 15 is 0 Å². The molecule has 0 aromatic rings. The molecule has 1 heterocycles. The molecular weight excluding hydrogens is 276 g/mol. The zero-order valence-electron chi connectivity index (χ0n) is 13.3. The van der Waals surface area contributed by atoms with Gasteiger partial charge >= 0.3 is 0 Å². The summed E-state index contributed by atoms with van der Waals surface area (Å²) >= 11 is 0. The number of nitrogens with one attached hydrogen (secondary N) is 1. The van der Waals surface area contributed by atoms with E-state index in [9.17, 15) is 4.79 Å². The summed E-state index contributed by atoms with van der Waals surface area (Å²) in [6, 6.07) is 0.149. The number of piperazine rings is 1. The molecule has 0 radical (unpaired) electrons. The van der Waals surface area contributed by atoms with E-state index in [1.165, 1.54) is 0 Å². The fraction of sp³-hybridized carbons (Fsp3) is 0.929. The Morgan fingerprint density at radius 3 is 2.40 bits per heavy atom. The molecule has 1 saturated heterocycles. The smallest absolute Gasteiger partial charge is 0.240 e. The van der Waals surface area contributed by atoms with Gasteiger partial charge in [0, 0.05) is 38.8 Å². The molecular formula is C14H31ClN4O. The van der Waals surface area contributed by atoms with Crippen molar-refractivity contribution in [3.8, 4) is 0 Å².